The molecule has 9 heteroatoms. The van der Waals surface area contributed by atoms with E-state index in [2.05, 4.69) is 35.6 Å². The molecule has 0 unspecified atom stereocenters. The lowest BCUT2D eigenvalue weighted by atomic mass is 10.4. The fraction of sp³-hybridized carbons (Fsp3) is 0.154. The third-order valence-corrected chi connectivity index (χ3v) is 3.86. The first-order chi connectivity index (χ1) is 10.8. The van der Waals surface area contributed by atoms with Crippen molar-refractivity contribution in [3.63, 3.8) is 0 Å². The van der Waals surface area contributed by atoms with Gasteiger partial charge >= 0.3 is 0 Å². The molecule has 4 aromatic rings. The number of anilines is 2. The Morgan fingerprint density at radius 2 is 2.23 bits per heavy atom. The van der Waals surface area contributed by atoms with Crippen molar-refractivity contribution < 1.29 is 0 Å². The molecule has 0 saturated carbocycles. The highest BCUT2D eigenvalue weighted by molar-refractivity contribution is 7.09. The summed E-state index contributed by atoms with van der Waals surface area (Å²) in [6.45, 7) is 2.57. The van der Waals surface area contributed by atoms with Gasteiger partial charge < -0.3 is 5.32 Å². The monoisotopic (exact) mass is 312 g/mol. The van der Waals surface area contributed by atoms with E-state index < -0.39 is 0 Å². The van der Waals surface area contributed by atoms with Gasteiger partial charge in [-0.25, -0.2) is 14.6 Å². The molecule has 22 heavy (non-hydrogen) atoms. The number of hydrogen-bond donors (Lipinski definition) is 2. The minimum atomic E-state index is 0.630. The van der Waals surface area contributed by atoms with Gasteiger partial charge in [0.05, 0.1) is 24.4 Å². The molecule has 0 saturated heterocycles. The Labute approximate surface area is 129 Å². The van der Waals surface area contributed by atoms with E-state index >= 15 is 0 Å². The summed E-state index contributed by atoms with van der Waals surface area (Å²) < 4.78 is 1.82. The fourth-order valence-corrected chi connectivity index (χ4v) is 2.68. The summed E-state index contributed by atoms with van der Waals surface area (Å²) in [5.74, 6) is 1.34. The van der Waals surface area contributed by atoms with Crippen LogP contribution in [-0.2, 0) is 6.54 Å². The van der Waals surface area contributed by atoms with E-state index in [1.54, 1.807) is 29.2 Å². The van der Waals surface area contributed by atoms with Crippen LogP contribution in [0.3, 0.4) is 0 Å². The van der Waals surface area contributed by atoms with Crippen molar-refractivity contribution in [1.82, 2.24) is 34.9 Å². The standard InChI is InChI=1S/C13H12N8S/c1-8-2-11(20-19-8)17-12-5-15-10-4-16-21(13(10)18-12)6-9-3-14-7-22-9/h2-5,7H,6H2,1H3,(H2,17,18,19,20). The summed E-state index contributed by atoms with van der Waals surface area (Å²) in [5.41, 5.74) is 4.27. The van der Waals surface area contributed by atoms with E-state index in [1.165, 1.54) is 0 Å². The topological polar surface area (TPSA) is 97.2 Å². The van der Waals surface area contributed by atoms with Crippen molar-refractivity contribution in [1.29, 1.82) is 0 Å². The van der Waals surface area contributed by atoms with Crippen molar-refractivity contribution in [3.8, 4) is 0 Å². The number of aryl methyl sites for hydroxylation is 1. The Bertz CT molecular complexity index is 907. The first kappa shape index (κ1) is 12.9. The molecule has 4 rings (SSSR count). The van der Waals surface area contributed by atoms with Gasteiger partial charge in [0.15, 0.2) is 17.3 Å². The van der Waals surface area contributed by atoms with Crippen LogP contribution >= 0.6 is 11.3 Å². The summed E-state index contributed by atoms with van der Waals surface area (Å²) in [4.78, 5) is 14.1. The lowest BCUT2D eigenvalue weighted by Crippen LogP contribution is -2.03. The minimum absolute atomic E-state index is 0.630. The van der Waals surface area contributed by atoms with E-state index in [4.69, 9.17) is 0 Å². The van der Waals surface area contributed by atoms with Crippen molar-refractivity contribution in [3.05, 3.63) is 40.7 Å². The predicted octanol–water partition coefficient (Wildman–Crippen LogP) is 2.11. The van der Waals surface area contributed by atoms with E-state index in [-0.39, 0.29) is 0 Å². The molecule has 0 amide bonds. The maximum atomic E-state index is 4.58. The Hall–Kier alpha value is -2.81. The zero-order chi connectivity index (χ0) is 14.9. The van der Waals surface area contributed by atoms with Crippen LogP contribution < -0.4 is 5.32 Å². The summed E-state index contributed by atoms with van der Waals surface area (Å²) in [7, 11) is 0. The molecule has 0 aliphatic heterocycles. The number of thiazole rings is 1. The number of hydrogen-bond acceptors (Lipinski definition) is 7. The van der Waals surface area contributed by atoms with Crippen LogP contribution in [0.2, 0.25) is 0 Å². The molecule has 0 aliphatic carbocycles. The third kappa shape index (κ3) is 2.42. The molecule has 8 nitrogen and oxygen atoms in total. The maximum absolute atomic E-state index is 4.58. The van der Waals surface area contributed by atoms with Gasteiger partial charge in [-0.15, -0.1) is 11.3 Å². The number of fused-ring (bicyclic) bond motifs is 1. The van der Waals surface area contributed by atoms with Gasteiger partial charge in [-0.1, -0.05) is 0 Å². The van der Waals surface area contributed by atoms with Crippen LogP contribution in [0.5, 0.6) is 0 Å². The molecule has 4 aromatic heterocycles. The molecule has 110 valence electrons. The number of aromatic nitrogens is 7. The van der Waals surface area contributed by atoms with Gasteiger partial charge in [-0.3, -0.25) is 10.1 Å². The molecular formula is C13H12N8S. The second-order valence-electron chi connectivity index (χ2n) is 4.80. The smallest absolute Gasteiger partial charge is 0.179 e. The van der Waals surface area contributed by atoms with Gasteiger partial charge in [0.25, 0.3) is 0 Å². The molecular weight excluding hydrogens is 300 g/mol. The first-order valence-electron chi connectivity index (χ1n) is 6.63. The molecule has 0 atom stereocenters. The molecule has 4 heterocycles. The fourth-order valence-electron chi connectivity index (χ4n) is 2.11. The third-order valence-electron chi connectivity index (χ3n) is 3.10. The number of nitrogens with one attached hydrogen (secondary N) is 2. The van der Waals surface area contributed by atoms with Crippen molar-refractivity contribution in [2.45, 2.75) is 13.5 Å². The van der Waals surface area contributed by atoms with Gasteiger partial charge in [0.1, 0.15) is 5.52 Å². The highest BCUT2D eigenvalue weighted by Gasteiger charge is 2.09. The Kier molecular flexibility index (Phi) is 3.04. The Morgan fingerprint density at radius 1 is 1.27 bits per heavy atom. The number of nitrogens with zero attached hydrogens (tertiary/aromatic N) is 6. The summed E-state index contributed by atoms with van der Waals surface area (Å²) >= 11 is 1.59. The van der Waals surface area contributed by atoms with Crippen LogP contribution in [0.1, 0.15) is 10.6 Å². The van der Waals surface area contributed by atoms with Gasteiger partial charge in [0, 0.05) is 22.8 Å². The minimum Gasteiger partial charge on any atom is -0.322 e. The van der Waals surface area contributed by atoms with Gasteiger partial charge in [-0.05, 0) is 6.92 Å². The van der Waals surface area contributed by atoms with Crippen molar-refractivity contribution >= 4 is 34.1 Å². The Balaban J connectivity index is 1.66. The molecule has 2 N–H and O–H groups in total. The lowest BCUT2D eigenvalue weighted by molar-refractivity contribution is 0.711. The summed E-state index contributed by atoms with van der Waals surface area (Å²) in [6.07, 6.45) is 5.22. The quantitative estimate of drug-likeness (QED) is 0.599. The van der Waals surface area contributed by atoms with Crippen LogP contribution in [0.15, 0.2) is 30.2 Å². The van der Waals surface area contributed by atoms with E-state index in [0.717, 1.165) is 21.7 Å². The summed E-state index contributed by atoms with van der Waals surface area (Å²) in [5, 5.41) is 14.5. The van der Waals surface area contributed by atoms with Gasteiger partial charge in [-0.2, -0.15) is 10.2 Å². The van der Waals surface area contributed by atoms with Crippen LogP contribution in [0, 0.1) is 6.92 Å². The zero-order valence-electron chi connectivity index (χ0n) is 11.7. The highest BCUT2D eigenvalue weighted by Crippen LogP contribution is 2.17. The van der Waals surface area contributed by atoms with Gasteiger partial charge in [0.2, 0.25) is 0 Å². The Morgan fingerprint density at radius 3 is 3.00 bits per heavy atom. The van der Waals surface area contributed by atoms with Crippen LogP contribution in [-0.4, -0.2) is 34.9 Å². The normalized spacial score (nSPS) is 11.1. The van der Waals surface area contributed by atoms with Crippen molar-refractivity contribution in [2.24, 2.45) is 0 Å². The second-order valence-corrected chi connectivity index (χ2v) is 5.77. The molecule has 0 aliphatic rings. The molecule has 0 aromatic carbocycles. The maximum Gasteiger partial charge on any atom is 0.179 e. The number of rotatable bonds is 4. The lowest BCUT2D eigenvalue weighted by Gasteiger charge is -2.03. The average Bonchev–Trinajstić information content (AvgIpc) is 3.23. The van der Waals surface area contributed by atoms with E-state index in [1.807, 2.05) is 23.9 Å². The SMILES string of the molecule is Cc1cc(Nc2cnc3cnn(Cc4cncs4)c3n2)n[nH]1. The zero-order valence-corrected chi connectivity index (χ0v) is 12.5. The largest absolute Gasteiger partial charge is 0.322 e. The van der Waals surface area contributed by atoms with Crippen LogP contribution in [0.4, 0.5) is 11.6 Å². The molecule has 0 fully saturated rings. The number of aromatic amines is 1. The second kappa shape index (κ2) is 5.19. The highest BCUT2D eigenvalue weighted by atomic mass is 32.1. The van der Waals surface area contributed by atoms with E-state index in [9.17, 15) is 0 Å². The first-order valence-corrected chi connectivity index (χ1v) is 7.51. The van der Waals surface area contributed by atoms with Crippen molar-refractivity contribution in [2.75, 3.05) is 5.32 Å². The average molecular weight is 312 g/mol. The van der Waals surface area contributed by atoms with Crippen LogP contribution in [0.25, 0.3) is 11.2 Å². The number of H-pyrrole nitrogens is 1. The molecule has 0 radical (unpaired) electrons. The molecule has 0 spiro atoms. The molecule has 0 bridgehead atoms. The van der Waals surface area contributed by atoms with E-state index in [0.29, 0.717) is 18.2 Å². The predicted molar refractivity (Wildman–Crippen MR) is 83.1 cm³/mol. The summed E-state index contributed by atoms with van der Waals surface area (Å²) in [6, 6.07) is 1.90.